The lowest BCUT2D eigenvalue weighted by atomic mass is 10.1. The molecule has 8 heteroatoms. The molecule has 1 atom stereocenters. The fraction of sp³-hybridized carbons (Fsp3) is 0.917. The number of hydrogen-bond donors (Lipinski definition) is 2. The molecular formula is C12H24F3IN4. The van der Waals surface area contributed by atoms with Crippen LogP contribution < -0.4 is 10.6 Å². The number of halogens is 4. The van der Waals surface area contributed by atoms with Crippen LogP contribution in [0.4, 0.5) is 13.2 Å². The molecule has 0 aromatic carbocycles. The van der Waals surface area contributed by atoms with E-state index in [1.54, 1.807) is 7.05 Å². The van der Waals surface area contributed by atoms with Crippen molar-refractivity contribution in [3.8, 4) is 0 Å². The van der Waals surface area contributed by atoms with Crippen molar-refractivity contribution < 1.29 is 13.2 Å². The van der Waals surface area contributed by atoms with Gasteiger partial charge in [0.05, 0.1) is 6.54 Å². The van der Waals surface area contributed by atoms with Gasteiger partial charge < -0.3 is 10.6 Å². The molecule has 20 heavy (non-hydrogen) atoms. The molecule has 120 valence electrons. The highest BCUT2D eigenvalue weighted by Crippen LogP contribution is 2.22. The van der Waals surface area contributed by atoms with Crippen molar-refractivity contribution in [1.82, 2.24) is 15.5 Å². The number of aliphatic imine (C=N–C) groups is 1. The van der Waals surface area contributed by atoms with Gasteiger partial charge in [0, 0.05) is 26.7 Å². The average molecular weight is 408 g/mol. The maximum atomic E-state index is 12.3. The number of guanidine groups is 1. The Hall–Kier alpha value is -0.250. The molecule has 0 aliphatic carbocycles. The van der Waals surface area contributed by atoms with Crippen LogP contribution in [-0.2, 0) is 0 Å². The van der Waals surface area contributed by atoms with Crippen LogP contribution >= 0.6 is 24.0 Å². The fourth-order valence-electron chi connectivity index (χ4n) is 2.18. The first kappa shape index (κ1) is 19.8. The second-order valence-corrected chi connectivity index (χ2v) is 4.88. The molecule has 0 bridgehead atoms. The van der Waals surface area contributed by atoms with Crippen molar-refractivity contribution in [2.45, 2.75) is 25.9 Å². The van der Waals surface area contributed by atoms with E-state index in [0.29, 0.717) is 19.6 Å². The number of rotatable bonds is 5. The summed E-state index contributed by atoms with van der Waals surface area (Å²) in [4.78, 5) is 5.53. The predicted molar refractivity (Wildman–Crippen MR) is 85.7 cm³/mol. The van der Waals surface area contributed by atoms with Crippen LogP contribution in [-0.4, -0.2) is 56.8 Å². The molecule has 1 saturated heterocycles. The van der Waals surface area contributed by atoms with Crippen LogP contribution in [0.5, 0.6) is 0 Å². The van der Waals surface area contributed by atoms with Crippen molar-refractivity contribution in [1.29, 1.82) is 0 Å². The summed E-state index contributed by atoms with van der Waals surface area (Å²) >= 11 is 0. The van der Waals surface area contributed by atoms with E-state index in [2.05, 4.69) is 22.5 Å². The second kappa shape index (κ2) is 9.64. The Bertz CT molecular complexity index is 297. The van der Waals surface area contributed by atoms with Gasteiger partial charge in [0.1, 0.15) is 0 Å². The van der Waals surface area contributed by atoms with E-state index in [1.165, 1.54) is 4.90 Å². The van der Waals surface area contributed by atoms with Crippen LogP contribution in [0.15, 0.2) is 4.99 Å². The van der Waals surface area contributed by atoms with Gasteiger partial charge in [0.15, 0.2) is 5.96 Å². The number of hydrogen-bond acceptors (Lipinski definition) is 2. The third kappa shape index (κ3) is 8.13. The molecule has 0 saturated carbocycles. The van der Waals surface area contributed by atoms with Crippen molar-refractivity contribution in [3.05, 3.63) is 0 Å². The quantitative estimate of drug-likeness (QED) is 0.416. The standard InChI is InChI=1S/C12H23F3N4.HI/c1-3-5-17-11(16-2)18-7-10-4-6-19(8-10)9-12(13,14)15;/h10H,3-9H2,1-2H3,(H2,16,17,18);1H. The fourth-order valence-corrected chi connectivity index (χ4v) is 2.18. The molecule has 0 radical (unpaired) electrons. The Morgan fingerprint density at radius 2 is 2.05 bits per heavy atom. The predicted octanol–water partition coefficient (Wildman–Crippen LogP) is 2.06. The third-order valence-electron chi connectivity index (χ3n) is 3.10. The van der Waals surface area contributed by atoms with E-state index in [0.717, 1.165) is 25.3 Å². The molecule has 0 spiro atoms. The van der Waals surface area contributed by atoms with Gasteiger partial charge in [-0.1, -0.05) is 6.92 Å². The molecule has 0 aromatic rings. The highest BCUT2D eigenvalue weighted by molar-refractivity contribution is 14.0. The number of nitrogens with one attached hydrogen (secondary N) is 2. The van der Waals surface area contributed by atoms with Crippen LogP contribution in [0.2, 0.25) is 0 Å². The first-order valence-corrected chi connectivity index (χ1v) is 6.68. The van der Waals surface area contributed by atoms with Crippen molar-refractivity contribution >= 4 is 29.9 Å². The summed E-state index contributed by atoms with van der Waals surface area (Å²) in [5.41, 5.74) is 0. The Morgan fingerprint density at radius 3 is 2.60 bits per heavy atom. The van der Waals surface area contributed by atoms with E-state index in [9.17, 15) is 13.2 Å². The van der Waals surface area contributed by atoms with Crippen LogP contribution in [0.1, 0.15) is 19.8 Å². The van der Waals surface area contributed by atoms with E-state index >= 15 is 0 Å². The normalized spacial score (nSPS) is 20.6. The van der Waals surface area contributed by atoms with Gasteiger partial charge >= 0.3 is 6.18 Å². The molecule has 0 amide bonds. The highest BCUT2D eigenvalue weighted by atomic mass is 127. The second-order valence-electron chi connectivity index (χ2n) is 4.88. The van der Waals surface area contributed by atoms with E-state index in [4.69, 9.17) is 0 Å². The zero-order valence-corrected chi connectivity index (χ0v) is 14.3. The molecule has 1 heterocycles. The summed E-state index contributed by atoms with van der Waals surface area (Å²) in [7, 11) is 1.69. The Balaban J connectivity index is 0.00000361. The minimum absolute atomic E-state index is 0. The summed E-state index contributed by atoms with van der Waals surface area (Å²) in [6.07, 6.45) is -2.29. The topological polar surface area (TPSA) is 39.7 Å². The summed E-state index contributed by atoms with van der Waals surface area (Å²) in [5, 5.41) is 6.30. The first-order valence-electron chi connectivity index (χ1n) is 6.68. The smallest absolute Gasteiger partial charge is 0.356 e. The molecule has 1 rings (SSSR count). The van der Waals surface area contributed by atoms with Crippen LogP contribution in [0.25, 0.3) is 0 Å². The van der Waals surface area contributed by atoms with Gasteiger partial charge in [-0.25, -0.2) is 0 Å². The van der Waals surface area contributed by atoms with Crippen molar-refractivity contribution in [2.75, 3.05) is 39.8 Å². The molecule has 1 fully saturated rings. The van der Waals surface area contributed by atoms with Gasteiger partial charge in [-0.15, -0.1) is 24.0 Å². The maximum Gasteiger partial charge on any atom is 0.401 e. The lowest BCUT2D eigenvalue weighted by molar-refractivity contribution is -0.143. The molecule has 0 aromatic heterocycles. The van der Waals surface area contributed by atoms with Gasteiger partial charge in [-0.2, -0.15) is 13.2 Å². The third-order valence-corrected chi connectivity index (χ3v) is 3.10. The van der Waals surface area contributed by atoms with Gasteiger partial charge in [0.2, 0.25) is 0 Å². The molecule has 4 nitrogen and oxygen atoms in total. The summed E-state index contributed by atoms with van der Waals surface area (Å²) < 4.78 is 36.8. The van der Waals surface area contributed by atoms with E-state index in [1.807, 2.05) is 0 Å². The first-order chi connectivity index (χ1) is 8.94. The molecule has 2 N–H and O–H groups in total. The summed E-state index contributed by atoms with van der Waals surface area (Å²) in [6.45, 7) is 3.78. The number of nitrogens with zero attached hydrogens (tertiary/aromatic N) is 2. The molecular weight excluding hydrogens is 384 g/mol. The molecule has 1 aliphatic heterocycles. The summed E-state index contributed by atoms with van der Waals surface area (Å²) in [5.74, 6) is 0.971. The highest BCUT2D eigenvalue weighted by Gasteiger charge is 2.34. The SMILES string of the molecule is CCCNC(=NC)NCC1CCN(CC(F)(F)F)C1.I. The lowest BCUT2D eigenvalue weighted by Gasteiger charge is -2.18. The average Bonchev–Trinajstić information content (AvgIpc) is 2.74. The van der Waals surface area contributed by atoms with Crippen molar-refractivity contribution in [2.24, 2.45) is 10.9 Å². The zero-order chi connectivity index (χ0) is 14.3. The number of likely N-dealkylation sites (tertiary alicyclic amines) is 1. The minimum Gasteiger partial charge on any atom is -0.356 e. The maximum absolute atomic E-state index is 12.3. The zero-order valence-electron chi connectivity index (χ0n) is 12.0. The van der Waals surface area contributed by atoms with Crippen molar-refractivity contribution in [3.63, 3.8) is 0 Å². The minimum atomic E-state index is -4.10. The monoisotopic (exact) mass is 408 g/mol. The largest absolute Gasteiger partial charge is 0.401 e. The van der Waals surface area contributed by atoms with E-state index in [-0.39, 0.29) is 29.9 Å². The summed E-state index contributed by atoms with van der Waals surface area (Å²) in [6, 6.07) is 0. The van der Waals surface area contributed by atoms with Crippen LogP contribution in [0.3, 0.4) is 0 Å². The van der Waals surface area contributed by atoms with Gasteiger partial charge in [0.25, 0.3) is 0 Å². The Labute approximate surface area is 135 Å². The van der Waals surface area contributed by atoms with Gasteiger partial charge in [-0.05, 0) is 25.3 Å². The van der Waals surface area contributed by atoms with E-state index < -0.39 is 12.7 Å². The molecule has 1 unspecified atom stereocenters. The lowest BCUT2D eigenvalue weighted by Crippen LogP contribution is -2.40. The van der Waals surface area contributed by atoms with Crippen LogP contribution in [0, 0.1) is 5.92 Å². The van der Waals surface area contributed by atoms with Gasteiger partial charge in [-0.3, -0.25) is 9.89 Å². The Morgan fingerprint density at radius 1 is 1.35 bits per heavy atom. The number of alkyl halides is 3. The molecule has 1 aliphatic rings. The Kier molecular flexibility index (Phi) is 9.52.